The monoisotopic (exact) mass is 216 g/mol. The summed E-state index contributed by atoms with van der Waals surface area (Å²) in [5.41, 5.74) is 0. The Labute approximate surface area is 95.2 Å². The van der Waals surface area contributed by atoms with E-state index in [1.54, 1.807) is 0 Å². The lowest BCUT2D eigenvalue weighted by molar-refractivity contribution is 0.116. The summed E-state index contributed by atoms with van der Waals surface area (Å²) >= 11 is 0. The molecule has 0 aromatic heterocycles. The standard InChI is InChI=1S/C12H28N2O/c1-6-11(3)12(13-4)10-14(5)8-9-15-7-2/h11-13H,6-10H2,1-5H3. The van der Waals surface area contributed by atoms with E-state index in [0.29, 0.717) is 6.04 Å². The minimum Gasteiger partial charge on any atom is -0.380 e. The molecule has 0 fully saturated rings. The van der Waals surface area contributed by atoms with E-state index in [-0.39, 0.29) is 0 Å². The summed E-state index contributed by atoms with van der Waals surface area (Å²) in [7, 11) is 4.21. The molecule has 2 unspecified atom stereocenters. The first-order valence-electron chi connectivity index (χ1n) is 6.09. The van der Waals surface area contributed by atoms with Crippen molar-refractivity contribution in [3.05, 3.63) is 0 Å². The van der Waals surface area contributed by atoms with Crippen molar-refractivity contribution in [2.24, 2.45) is 5.92 Å². The number of rotatable bonds is 9. The lowest BCUT2D eigenvalue weighted by Crippen LogP contribution is -2.42. The van der Waals surface area contributed by atoms with Gasteiger partial charge in [0.05, 0.1) is 6.61 Å². The van der Waals surface area contributed by atoms with Crippen molar-refractivity contribution in [3.63, 3.8) is 0 Å². The summed E-state index contributed by atoms with van der Waals surface area (Å²) in [6.07, 6.45) is 1.23. The fourth-order valence-corrected chi connectivity index (χ4v) is 1.63. The predicted molar refractivity (Wildman–Crippen MR) is 66.3 cm³/mol. The van der Waals surface area contributed by atoms with Gasteiger partial charge in [-0.15, -0.1) is 0 Å². The molecule has 0 aliphatic heterocycles. The summed E-state index contributed by atoms with van der Waals surface area (Å²) < 4.78 is 5.34. The first-order chi connectivity index (χ1) is 7.15. The molecule has 0 heterocycles. The van der Waals surface area contributed by atoms with Crippen molar-refractivity contribution in [3.8, 4) is 0 Å². The molecule has 0 amide bonds. The lowest BCUT2D eigenvalue weighted by Gasteiger charge is -2.27. The molecule has 0 aromatic rings. The maximum Gasteiger partial charge on any atom is 0.0593 e. The summed E-state index contributed by atoms with van der Waals surface area (Å²) in [5, 5.41) is 3.39. The number of hydrogen-bond acceptors (Lipinski definition) is 3. The van der Waals surface area contributed by atoms with E-state index in [2.05, 4.69) is 31.1 Å². The van der Waals surface area contributed by atoms with Crippen molar-refractivity contribution in [1.82, 2.24) is 10.2 Å². The van der Waals surface area contributed by atoms with Gasteiger partial charge < -0.3 is 15.0 Å². The number of ether oxygens (including phenoxy) is 1. The van der Waals surface area contributed by atoms with E-state index in [9.17, 15) is 0 Å². The van der Waals surface area contributed by atoms with Gasteiger partial charge in [0.15, 0.2) is 0 Å². The van der Waals surface area contributed by atoms with E-state index in [0.717, 1.165) is 32.2 Å². The van der Waals surface area contributed by atoms with Gasteiger partial charge in [-0.25, -0.2) is 0 Å². The third-order valence-corrected chi connectivity index (χ3v) is 3.03. The Bertz CT molecular complexity index is 142. The molecule has 0 aliphatic carbocycles. The summed E-state index contributed by atoms with van der Waals surface area (Å²) in [5.74, 6) is 0.726. The van der Waals surface area contributed by atoms with Crippen molar-refractivity contribution in [1.29, 1.82) is 0 Å². The number of nitrogens with one attached hydrogen (secondary N) is 1. The number of nitrogens with zero attached hydrogens (tertiary/aromatic N) is 1. The normalized spacial score (nSPS) is 15.6. The van der Waals surface area contributed by atoms with Crippen LogP contribution in [0.15, 0.2) is 0 Å². The molecule has 0 rings (SSSR count). The maximum absolute atomic E-state index is 5.34. The van der Waals surface area contributed by atoms with E-state index < -0.39 is 0 Å². The molecule has 92 valence electrons. The first-order valence-corrected chi connectivity index (χ1v) is 6.09. The smallest absolute Gasteiger partial charge is 0.0593 e. The van der Waals surface area contributed by atoms with Crippen LogP contribution < -0.4 is 5.32 Å². The van der Waals surface area contributed by atoms with Gasteiger partial charge in [0.1, 0.15) is 0 Å². The van der Waals surface area contributed by atoms with E-state index in [4.69, 9.17) is 4.74 Å². The highest BCUT2D eigenvalue weighted by Gasteiger charge is 2.15. The zero-order valence-electron chi connectivity index (χ0n) is 11.0. The van der Waals surface area contributed by atoms with Gasteiger partial charge in [-0.05, 0) is 26.9 Å². The third kappa shape index (κ3) is 6.88. The molecule has 15 heavy (non-hydrogen) atoms. The molecular formula is C12H28N2O. The van der Waals surface area contributed by atoms with E-state index in [1.807, 2.05) is 14.0 Å². The lowest BCUT2D eigenvalue weighted by atomic mass is 9.99. The minimum absolute atomic E-state index is 0.585. The molecule has 0 spiro atoms. The molecule has 3 heteroatoms. The second-order valence-corrected chi connectivity index (χ2v) is 4.24. The molecule has 0 bridgehead atoms. The van der Waals surface area contributed by atoms with Gasteiger partial charge in [-0.1, -0.05) is 20.3 Å². The number of likely N-dealkylation sites (N-methyl/N-ethyl adjacent to an activating group) is 2. The fourth-order valence-electron chi connectivity index (χ4n) is 1.63. The first kappa shape index (κ1) is 14.9. The van der Waals surface area contributed by atoms with Crippen LogP contribution >= 0.6 is 0 Å². The molecule has 2 atom stereocenters. The van der Waals surface area contributed by atoms with Crippen LogP contribution in [0.4, 0.5) is 0 Å². The molecule has 0 saturated heterocycles. The Morgan fingerprint density at radius 2 is 2.00 bits per heavy atom. The highest BCUT2D eigenvalue weighted by atomic mass is 16.5. The van der Waals surface area contributed by atoms with Crippen LogP contribution in [-0.2, 0) is 4.74 Å². The van der Waals surface area contributed by atoms with E-state index in [1.165, 1.54) is 6.42 Å². The quantitative estimate of drug-likeness (QED) is 0.592. The largest absolute Gasteiger partial charge is 0.380 e. The van der Waals surface area contributed by atoms with E-state index >= 15 is 0 Å². The minimum atomic E-state index is 0.585. The van der Waals surface area contributed by atoms with Crippen LogP contribution in [0.3, 0.4) is 0 Å². The van der Waals surface area contributed by atoms with Crippen molar-refractivity contribution in [2.45, 2.75) is 33.2 Å². The highest BCUT2D eigenvalue weighted by molar-refractivity contribution is 4.73. The van der Waals surface area contributed by atoms with Crippen LogP contribution in [0.25, 0.3) is 0 Å². The topological polar surface area (TPSA) is 24.5 Å². The second kappa shape index (κ2) is 9.13. The molecular weight excluding hydrogens is 188 g/mol. The van der Waals surface area contributed by atoms with Crippen molar-refractivity contribution in [2.75, 3.05) is 40.4 Å². The van der Waals surface area contributed by atoms with Crippen molar-refractivity contribution >= 4 is 0 Å². The Kier molecular flexibility index (Phi) is 9.06. The van der Waals surface area contributed by atoms with Gasteiger partial charge in [0.25, 0.3) is 0 Å². The number of hydrogen-bond donors (Lipinski definition) is 1. The fraction of sp³-hybridized carbons (Fsp3) is 1.00. The van der Waals surface area contributed by atoms with Gasteiger partial charge in [0.2, 0.25) is 0 Å². The average Bonchev–Trinajstić information content (AvgIpc) is 2.25. The van der Waals surface area contributed by atoms with Crippen LogP contribution in [0.1, 0.15) is 27.2 Å². The molecule has 0 radical (unpaired) electrons. The Morgan fingerprint density at radius 3 is 2.47 bits per heavy atom. The molecule has 3 nitrogen and oxygen atoms in total. The Hall–Kier alpha value is -0.120. The zero-order valence-corrected chi connectivity index (χ0v) is 11.0. The molecule has 0 aromatic carbocycles. The molecule has 0 aliphatic rings. The van der Waals surface area contributed by atoms with Crippen LogP contribution in [0.2, 0.25) is 0 Å². The summed E-state index contributed by atoms with van der Waals surface area (Å²) in [6, 6.07) is 0.585. The SMILES string of the molecule is CCOCCN(C)CC(NC)C(C)CC. The second-order valence-electron chi connectivity index (χ2n) is 4.24. The van der Waals surface area contributed by atoms with Crippen LogP contribution in [0.5, 0.6) is 0 Å². The molecule has 1 N–H and O–H groups in total. The van der Waals surface area contributed by atoms with Crippen molar-refractivity contribution < 1.29 is 4.74 Å². The summed E-state index contributed by atoms with van der Waals surface area (Å²) in [4.78, 5) is 2.34. The highest BCUT2D eigenvalue weighted by Crippen LogP contribution is 2.08. The van der Waals surface area contributed by atoms with Crippen LogP contribution in [-0.4, -0.2) is 51.3 Å². The van der Waals surface area contributed by atoms with Gasteiger partial charge >= 0.3 is 0 Å². The van der Waals surface area contributed by atoms with Gasteiger partial charge in [-0.2, -0.15) is 0 Å². The predicted octanol–water partition coefficient (Wildman–Crippen LogP) is 1.59. The summed E-state index contributed by atoms with van der Waals surface area (Å²) in [6.45, 7) is 10.3. The zero-order chi connectivity index (χ0) is 11.7. The molecule has 0 saturated carbocycles. The van der Waals surface area contributed by atoms with Gasteiger partial charge in [-0.3, -0.25) is 0 Å². The van der Waals surface area contributed by atoms with Crippen LogP contribution in [0, 0.1) is 5.92 Å². The average molecular weight is 216 g/mol. The maximum atomic E-state index is 5.34. The third-order valence-electron chi connectivity index (χ3n) is 3.03. The Balaban J connectivity index is 3.74. The van der Waals surface area contributed by atoms with Gasteiger partial charge in [0, 0.05) is 25.7 Å². The Morgan fingerprint density at radius 1 is 1.33 bits per heavy atom.